The minimum absolute atomic E-state index is 0.0238. The van der Waals surface area contributed by atoms with Gasteiger partial charge in [0.2, 0.25) is 0 Å². The Morgan fingerprint density at radius 1 is 1.17 bits per heavy atom. The van der Waals surface area contributed by atoms with Crippen LogP contribution in [0, 0.1) is 13.8 Å². The van der Waals surface area contributed by atoms with Crippen LogP contribution in [0.3, 0.4) is 0 Å². The highest BCUT2D eigenvalue weighted by Gasteiger charge is 2.22. The summed E-state index contributed by atoms with van der Waals surface area (Å²) >= 11 is 5.96. The van der Waals surface area contributed by atoms with E-state index in [0.29, 0.717) is 10.7 Å². The van der Waals surface area contributed by atoms with Crippen LogP contribution in [-0.2, 0) is 4.79 Å². The number of carbonyl (C=O) groups is 2. The smallest absolute Gasteiger partial charge is 0.305 e. The molecular formula is C21H20ClN3O4. The van der Waals surface area contributed by atoms with Gasteiger partial charge in [0.1, 0.15) is 5.69 Å². The quantitative estimate of drug-likeness (QED) is 0.576. The predicted octanol–water partition coefficient (Wildman–Crippen LogP) is 3.38. The molecule has 3 N–H and O–H groups in total. The van der Waals surface area contributed by atoms with E-state index in [4.69, 9.17) is 11.6 Å². The van der Waals surface area contributed by atoms with Crippen molar-refractivity contribution in [2.24, 2.45) is 0 Å². The molecule has 0 saturated heterocycles. The molecule has 2 aromatic carbocycles. The average molecular weight is 414 g/mol. The number of benzene rings is 2. The Balaban J connectivity index is 1.91. The van der Waals surface area contributed by atoms with E-state index < -0.39 is 23.5 Å². The number of carboxylic acids is 1. The molecule has 150 valence electrons. The van der Waals surface area contributed by atoms with E-state index >= 15 is 0 Å². The molecule has 29 heavy (non-hydrogen) atoms. The first-order chi connectivity index (χ1) is 13.8. The summed E-state index contributed by atoms with van der Waals surface area (Å²) in [5, 5.41) is 15.2. The molecule has 1 aromatic heterocycles. The highest BCUT2D eigenvalue weighted by atomic mass is 35.5. The number of aromatic nitrogens is 2. The number of aliphatic carboxylic acids is 1. The van der Waals surface area contributed by atoms with E-state index in [2.05, 4.69) is 10.4 Å². The Morgan fingerprint density at radius 2 is 1.90 bits per heavy atom. The van der Waals surface area contributed by atoms with Gasteiger partial charge >= 0.3 is 5.97 Å². The van der Waals surface area contributed by atoms with Crippen LogP contribution in [0.1, 0.15) is 39.6 Å². The molecule has 1 heterocycles. The van der Waals surface area contributed by atoms with Gasteiger partial charge in [0.25, 0.3) is 11.5 Å². The number of amides is 1. The van der Waals surface area contributed by atoms with Crippen LogP contribution < -0.4 is 10.9 Å². The molecule has 0 aliphatic carbocycles. The second kappa shape index (κ2) is 8.36. The molecule has 8 heteroatoms. The van der Waals surface area contributed by atoms with Crippen molar-refractivity contribution in [1.82, 2.24) is 15.1 Å². The number of nitrogens with zero attached hydrogens (tertiary/aromatic N) is 1. The molecule has 1 atom stereocenters. The van der Waals surface area contributed by atoms with Gasteiger partial charge in [-0.25, -0.2) is 4.68 Å². The van der Waals surface area contributed by atoms with Gasteiger partial charge in [-0.05, 0) is 48.7 Å². The maximum Gasteiger partial charge on any atom is 0.305 e. The Kier molecular flexibility index (Phi) is 5.89. The van der Waals surface area contributed by atoms with E-state index in [1.54, 1.807) is 30.3 Å². The van der Waals surface area contributed by atoms with Crippen LogP contribution in [0.4, 0.5) is 0 Å². The molecule has 1 unspecified atom stereocenters. The Labute approximate surface area is 171 Å². The first kappa shape index (κ1) is 20.4. The lowest BCUT2D eigenvalue weighted by Crippen LogP contribution is -2.31. The summed E-state index contributed by atoms with van der Waals surface area (Å²) in [4.78, 5) is 36.4. The molecule has 1 amide bonds. The second-order valence-electron chi connectivity index (χ2n) is 6.74. The monoisotopic (exact) mass is 413 g/mol. The fraction of sp³-hybridized carbons (Fsp3) is 0.190. The Morgan fingerprint density at radius 3 is 2.59 bits per heavy atom. The number of nitrogens with one attached hydrogen (secondary N) is 2. The number of aromatic amines is 1. The first-order valence-corrected chi connectivity index (χ1v) is 9.31. The highest BCUT2D eigenvalue weighted by molar-refractivity contribution is 6.30. The van der Waals surface area contributed by atoms with Gasteiger partial charge in [0, 0.05) is 11.1 Å². The lowest BCUT2D eigenvalue weighted by atomic mass is 9.95. The summed E-state index contributed by atoms with van der Waals surface area (Å²) in [6.07, 6.45) is -0.282. The van der Waals surface area contributed by atoms with Crippen LogP contribution >= 0.6 is 11.6 Å². The number of H-pyrrole nitrogens is 1. The third-order valence-corrected chi connectivity index (χ3v) is 4.97. The fourth-order valence-corrected chi connectivity index (χ4v) is 3.30. The highest BCUT2D eigenvalue weighted by Crippen LogP contribution is 2.23. The van der Waals surface area contributed by atoms with Gasteiger partial charge in [0.05, 0.1) is 18.2 Å². The van der Waals surface area contributed by atoms with Gasteiger partial charge in [-0.3, -0.25) is 19.5 Å². The molecule has 0 aliphatic heterocycles. The van der Waals surface area contributed by atoms with Gasteiger partial charge in [-0.15, -0.1) is 0 Å². The SMILES string of the molecule is Cc1cccc(C(CC(=O)O)NC(=O)c2cc(=O)n(-c3cccc(Cl)c3)[nH]2)c1C. The van der Waals surface area contributed by atoms with Gasteiger partial charge in [-0.2, -0.15) is 0 Å². The van der Waals surface area contributed by atoms with Crippen molar-refractivity contribution in [2.75, 3.05) is 0 Å². The molecule has 0 radical (unpaired) electrons. The molecular weight excluding hydrogens is 394 g/mol. The van der Waals surface area contributed by atoms with Crippen molar-refractivity contribution in [3.05, 3.63) is 86.3 Å². The zero-order valence-corrected chi connectivity index (χ0v) is 16.7. The summed E-state index contributed by atoms with van der Waals surface area (Å²) in [6, 6.07) is 12.6. The summed E-state index contributed by atoms with van der Waals surface area (Å²) in [5.41, 5.74) is 2.70. The van der Waals surface area contributed by atoms with Crippen LogP contribution in [0.2, 0.25) is 5.02 Å². The average Bonchev–Trinajstić information content (AvgIpc) is 3.05. The summed E-state index contributed by atoms with van der Waals surface area (Å²) in [5.74, 6) is -1.61. The third-order valence-electron chi connectivity index (χ3n) is 4.74. The van der Waals surface area contributed by atoms with Crippen molar-refractivity contribution in [2.45, 2.75) is 26.3 Å². The second-order valence-corrected chi connectivity index (χ2v) is 7.17. The van der Waals surface area contributed by atoms with Crippen molar-refractivity contribution in [3.8, 4) is 5.69 Å². The first-order valence-electron chi connectivity index (χ1n) is 8.93. The number of hydrogen-bond donors (Lipinski definition) is 3. The number of aryl methyl sites for hydroxylation is 1. The minimum Gasteiger partial charge on any atom is -0.481 e. The maximum absolute atomic E-state index is 12.8. The predicted molar refractivity (Wildman–Crippen MR) is 110 cm³/mol. The zero-order chi connectivity index (χ0) is 21.1. The normalized spacial score (nSPS) is 11.8. The van der Waals surface area contributed by atoms with Crippen LogP contribution in [0.25, 0.3) is 5.69 Å². The Hall–Kier alpha value is -3.32. The van der Waals surface area contributed by atoms with Gasteiger partial charge in [0.15, 0.2) is 0 Å². The number of hydrogen-bond acceptors (Lipinski definition) is 3. The molecule has 3 rings (SSSR count). The standard InChI is InChI=1S/C21H20ClN3O4/c1-12-5-3-8-16(13(12)2)17(11-20(27)28)23-21(29)18-10-19(26)25(24-18)15-7-4-6-14(22)9-15/h3-10,17,24H,11H2,1-2H3,(H,23,29)(H,27,28). The van der Waals surface area contributed by atoms with Crippen molar-refractivity contribution < 1.29 is 14.7 Å². The largest absolute Gasteiger partial charge is 0.481 e. The van der Waals surface area contributed by atoms with E-state index in [1.165, 1.54) is 4.68 Å². The molecule has 0 saturated carbocycles. The Bertz CT molecular complexity index is 1130. The molecule has 3 aromatic rings. The van der Waals surface area contributed by atoms with E-state index in [0.717, 1.165) is 22.8 Å². The number of carbonyl (C=O) groups excluding carboxylic acids is 1. The van der Waals surface area contributed by atoms with E-state index in [1.807, 2.05) is 26.0 Å². The summed E-state index contributed by atoms with van der Waals surface area (Å²) in [6.45, 7) is 3.80. The lowest BCUT2D eigenvalue weighted by Gasteiger charge is -2.20. The van der Waals surface area contributed by atoms with E-state index in [-0.39, 0.29) is 12.1 Å². The van der Waals surface area contributed by atoms with E-state index in [9.17, 15) is 19.5 Å². The van der Waals surface area contributed by atoms with Gasteiger partial charge in [-0.1, -0.05) is 35.9 Å². The third kappa shape index (κ3) is 4.57. The summed E-state index contributed by atoms with van der Waals surface area (Å²) in [7, 11) is 0. The number of carboxylic acid groups (broad SMARTS) is 1. The minimum atomic E-state index is -1.04. The molecule has 0 bridgehead atoms. The van der Waals surface area contributed by atoms with Crippen LogP contribution in [0.15, 0.2) is 53.3 Å². The molecule has 0 spiro atoms. The van der Waals surface area contributed by atoms with Crippen LogP contribution in [-0.4, -0.2) is 26.8 Å². The maximum atomic E-state index is 12.8. The zero-order valence-electron chi connectivity index (χ0n) is 15.9. The van der Waals surface area contributed by atoms with Crippen LogP contribution in [0.5, 0.6) is 0 Å². The lowest BCUT2D eigenvalue weighted by molar-refractivity contribution is -0.137. The summed E-state index contributed by atoms with van der Waals surface area (Å²) < 4.78 is 1.20. The molecule has 7 nitrogen and oxygen atoms in total. The van der Waals surface area contributed by atoms with Crippen molar-refractivity contribution >= 4 is 23.5 Å². The van der Waals surface area contributed by atoms with Crippen molar-refractivity contribution in [3.63, 3.8) is 0 Å². The molecule has 0 aliphatic rings. The molecule has 0 fully saturated rings. The van der Waals surface area contributed by atoms with Crippen molar-refractivity contribution in [1.29, 1.82) is 0 Å². The number of halogens is 1. The topological polar surface area (TPSA) is 104 Å². The number of rotatable bonds is 6. The fourth-order valence-electron chi connectivity index (χ4n) is 3.12. The van der Waals surface area contributed by atoms with Gasteiger partial charge < -0.3 is 10.4 Å².